The van der Waals surface area contributed by atoms with Gasteiger partial charge in [-0.1, -0.05) is 25.3 Å². The summed E-state index contributed by atoms with van der Waals surface area (Å²) in [4.78, 5) is 22.8. The maximum absolute atomic E-state index is 12.3. The van der Waals surface area contributed by atoms with Gasteiger partial charge in [-0.25, -0.2) is 4.79 Å². The quantitative estimate of drug-likeness (QED) is 0.876. The average Bonchev–Trinajstić information content (AvgIpc) is 3.17. The molecule has 22 heavy (non-hydrogen) atoms. The topological polar surface area (TPSA) is 75.6 Å². The Balaban J connectivity index is 1.58. The van der Waals surface area contributed by atoms with E-state index in [0.29, 0.717) is 22.8 Å². The highest BCUT2D eigenvalue weighted by Crippen LogP contribution is 2.56. The number of rotatable bonds is 5. The molecule has 1 unspecified atom stereocenters. The van der Waals surface area contributed by atoms with E-state index in [9.17, 15) is 9.59 Å². The fourth-order valence-electron chi connectivity index (χ4n) is 3.47. The van der Waals surface area contributed by atoms with Crippen molar-refractivity contribution in [3.63, 3.8) is 0 Å². The Hall–Kier alpha value is -2.04. The maximum atomic E-state index is 12.3. The van der Waals surface area contributed by atoms with Gasteiger partial charge in [0, 0.05) is 11.6 Å². The molecule has 1 aromatic rings. The van der Waals surface area contributed by atoms with Gasteiger partial charge in [-0.3, -0.25) is 4.79 Å². The molecule has 0 radical (unpaired) electrons. The van der Waals surface area contributed by atoms with Crippen LogP contribution in [-0.2, 0) is 4.79 Å². The molecule has 1 spiro atoms. The minimum absolute atomic E-state index is 0.103. The summed E-state index contributed by atoms with van der Waals surface area (Å²) in [6.07, 6.45) is 7.38. The van der Waals surface area contributed by atoms with Gasteiger partial charge in [0.15, 0.2) is 6.61 Å². The van der Waals surface area contributed by atoms with E-state index in [0.717, 1.165) is 6.42 Å². The van der Waals surface area contributed by atoms with Gasteiger partial charge in [0.1, 0.15) is 5.75 Å². The van der Waals surface area contributed by atoms with Gasteiger partial charge >= 0.3 is 5.97 Å². The Kier molecular flexibility index (Phi) is 4.05. The maximum Gasteiger partial charge on any atom is 0.341 e. The van der Waals surface area contributed by atoms with E-state index in [4.69, 9.17) is 9.84 Å². The number of ether oxygens (including phenoxy) is 1. The lowest BCUT2D eigenvalue weighted by molar-refractivity contribution is -0.139. The summed E-state index contributed by atoms with van der Waals surface area (Å²) >= 11 is 0. The number of nitrogens with one attached hydrogen (secondary N) is 1. The van der Waals surface area contributed by atoms with E-state index in [1.165, 1.54) is 32.1 Å². The minimum atomic E-state index is -1.04. The van der Waals surface area contributed by atoms with Crippen molar-refractivity contribution in [1.82, 2.24) is 5.32 Å². The first kappa shape index (κ1) is 14.9. The van der Waals surface area contributed by atoms with Crippen LogP contribution in [0.15, 0.2) is 24.3 Å². The lowest BCUT2D eigenvalue weighted by atomic mass is 9.86. The van der Waals surface area contributed by atoms with Crippen LogP contribution in [-0.4, -0.2) is 29.6 Å². The number of aliphatic carboxylic acids is 1. The molecule has 0 aromatic heterocycles. The number of hydrogen-bond acceptors (Lipinski definition) is 3. The van der Waals surface area contributed by atoms with E-state index < -0.39 is 12.6 Å². The standard InChI is InChI=1S/C17H21NO4/c19-15(20)11-22-13-6-4-5-12(9-13)16(21)18-14-10-17(14)7-2-1-3-8-17/h4-6,9,14H,1-3,7-8,10-11H2,(H,18,21)(H,19,20). The summed E-state index contributed by atoms with van der Waals surface area (Å²) in [5.74, 6) is -0.737. The summed E-state index contributed by atoms with van der Waals surface area (Å²) in [6.45, 7) is -0.406. The highest BCUT2D eigenvalue weighted by molar-refractivity contribution is 5.95. The van der Waals surface area contributed by atoms with Gasteiger partial charge in [-0.15, -0.1) is 0 Å². The van der Waals surface area contributed by atoms with E-state index in [-0.39, 0.29) is 5.91 Å². The summed E-state index contributed by atoms with van der Waals surface area (Å²) in [6, 6.07) is 6.96. The number of carboxylic acids is 1. The van der Waals surface area contributed by atoms with Crippen LogP contribution in [0.25, 0.3) is 0 Å². The van der Waals surface area contributed by atoms with Crippen LogP contribution in [0, 0.1) is 5.41 Å². The van der Waals surface area contributed by atoms with Gasteiger partial charge in [-0.05, 0) is 42.9 Å². The fraction of sp³-hybridized carbons (Fsp3) is 0.529. The van der Waals surface area contributed by atoms with Crippen molar-refractivity contribution in [1.29, 1.82) is 0 Å². The van der Waals surface area contributed by atoms with Crippen LogP contribution in [0.4, 0.5) is 0 Å². The second kappa shape index (κ2) is 5.99. The summed E-state index contributed by atoms with van der Waals surface area (Å²) in [5, 5.41) is 11.7. The SMILES string of the molecule is O=C(O)COc1cccc(C(=O)NC2CC23CCCCC3)c1. The zero-order valence-electron chi connectivity index (χ0n) is 12.5. The van der Waals surface area contributed by atoms with Crippen molar-refractivity contribution in [2.45, 2.75) is 44.6 Å². The lowest BCUT2D eigenvalue weighted by Gasteiger charge is -2.22. The highest BCUT2D eigenvalue weighted by atomic mass is 16.5. The van der Waals surface area contributed by atoms with E-state index in [2.05, 4.69) is 5.32 Å². The summed E-state index contributed by atoms with van der Waals surface area (Å²) in [5.41, 5.74) is 0.867. The molecule has 3 rings (SSSR count). The van der Waals surface area contributed by atoms with Crippen molar-refractivity contribution in [3.05, 3.63) is 29.8 Å². The lowest BCUT2D eigenvalue weighted by Crippen LogP contribution is -2.30. The third kappa shape index (κ3) is 3.24. The molecule has 0 aliphatic heterocycles. The van der Waals surface area contributed by atoms with Crippen LogP contribution in [0.3, 0.4) is 0 Å². The Morgan fingerprint density at radius 3 is 2.77 bits per heavy atom. The smallest absolute Gasteiger partial charge is 0.341 e. The molecular weight excluding hydrogens is 282 g/mol. The van der Waals surface area contributed by atoms with Crippen molar-refractivity contribution >= 4 is 11.9 Å². The van der Waals surface area contributed by atoms with Crippen LogP contribution < -0.4 is 10.1 Å². The van der Waals surface area contributed by atoms with Crippen molar-refractivity contribution < 1.29 is 19.4 Å². The minimum Gasteiger partial charge on any atom is -0.482 e. The van der Waals surface area contributed by atoms with Gasteiger partial charge in [0.2, 0.25) is 0 Å². The molecule has 2 aliphatic rings. The zero-order valence-corrected chi connectivity index (χ0v) is 12.5. The number of benzene rings is 1. The molecular formula is C17H21NO4. The molecule has 5 heteroatoms. The van der Waals surface area contributed by atoms with E-state index in [1.807, 2.05) is 0 Å². The molecule has 2 N–H and O–H groups in total. The van der Waals surface area contributed by atoms with E-state index in [1.54, 1.807) is 24.3 Å². The predicted octanol–water partition coefficient (Wildman–Crippen LogP) is 2.60. The van der Waals surface area contributed by atoms with Gasteiger partial charge in [-0.2, -0.15) is 0 Å². The molecule has 2 saturated carbocycles. The second-order valence-corrected chi connectivity index (χ2v) is 6.36. The Morgan fingerprint density at radius 1 is 1.27 bits per heavy atom. The second-order valence-electron chi connectivity index (χ2n) is 6.36. The molecule has 2 aliphatic carbocycles. The first-order valence-electron chi connectivity index (χ1n) is 7.85. The normalized spacial score (nSPS) is 22.1. The Labute approximate surface area is 129 Å². The highest BCUT2D eigenvalue weighted by Gasteiger charge is 2.54. The van der Waals surface area contributed by atoms with E-state index >= 15 is 0 Å². The molecule has 1 aromatic carbocycles. The predicted molar refractivity (Wildman–Crippen MR) is 81.0 cm³/mol. The molecule has 2 fully saturated rings. The third-order valence-electron chi connectivity index (χ3n) is 4.80. The monoisotopic (exact) mass is 303 g/mol. The van der Waals surface area contributed by atoms with Crippen molar-refractivity contribution in [2.24, 2.45) is 5.41 Å². The fourth-order valence-corrected chi connectivity index (χ4v) is 3.47. The first-order chi connectivity index (χ1) is 10.6. The summed E-state index contributed by atoms with van der Waals surface area (Å²) in [7, 11) is 0. The first-order valence-corrected chi connectivity index (χ1v) is 7.85. The molecule has 1 amide bonds. The average molecular weight is 303 g/mol. The van der Waals surface area contributed by atoms with Gasteiger partial charge < -0.3 is 15.2 Å². The molecule has 0 heterocycles. The van der Waals surface area contributed by atoms with Crippen LogP contribution in [0.1, 0.15) is 48.9 Å². The molecule has 0 saturated heterocycles. The van der Waals surface area contributed by atoms with Crippen LogP contribution in [0.5, 0.6) is 5.75 Å². The van der Waals surface area contributed by atoms with Crippen LogP contribution >= 0.6 is 0 Å². The Bertz CT molecular complexity index is 578. The molecule has 0 bridgehead atoms. The largest absolute Gasteiger partial charge is 0.482 e. The molecule has 118 valence electrons. The number of carbonyl (C=O) groups excluding carboxylic acids is 1. The molecule has 5 nitrogen and oxygen atoms in total. The van der Waals surface area contributed by atoms with Crippen molar-refractivity contribution in [3.8, 4) is 5.75 Å². The van der Waals surface area contributed by atoms with Gasteiger partial charge in [0.05, 0.1) is 0 Å². The number of hydrogen-bond donors (Lipinski definition) is 2. The van der Waals surface area contributed by atoms with Crippen LogP contribution in [0.2, 0.25) is 0 Å². The van der Waals surface area contributed by atoms with Gasteiger partial charge in [0.25, 0.3) is 5.91 Å². The zero-order chi connectivity index (χ0) is 15.6. The van der Waals surface area contributed by atoms with Crippen molar-refractivity contribution in [2.75, 3.05) is 6.61 Å². The molecule has 1 atom stereocenters. The number of carbonyl (C=O) groups is 2. The number of amides is 1. The third-order valence-corrected chi connectivity index (χ3v) is 4.80. The number of carboxylic acid groups (broad SMARTS) is 1. The Morgan fingerprint density at radius 2 is 2.05 bits per heavy atom. The summed E-state index contributed by atoms with van der Waals surface area (Å²) < 4.78 is 5.11.